The number of benzene rings is 2. The molecule has 8 heteroatoms. The fourth-order valence-corrected chi connectivity index (χ4v) is 2.88. The predicted molar refractivity (Wildman–Crippen MR) is 102 cm³/mol. The first-order chi connectivity index (χ1) is 12.7. The number of nitrogens with zero attached hydrogens (tertiary/aromatic N) is 1. The Morgan fingerprint density at radius 3 is 2.07 bits per heavy atom. The maximum atomic E-state index is 9.55. The molecule has 0 heterocycles. The van der Waals surface area contributed by atoms with E-state index < -0.39 is 11.9 Å². The summed E-state index contributed by atoms with van der Waals surface area (Å²) in [6, 6.07) is 13.1. The average Bonchev–Trinajstić information content (AvgIpc) is 2.58. The highest BCUT2D eigenvalue weighted by Gasteiger charge is 2.07. The van der Waals surface area contributed by atoms with Gasteiger partial charge in [-0.3, -0.25) is 0 Å². The molecule has 0 spiro atoms. The van der Waals surface area contributed by atoms with Crippen LogP contribution in [0.25, 0.3) is 0 Å². The fraction of sp³-hybridized carbons (Fsp3) is 0.158. The van der Waals surface area contributed by atoms with E-state index in [1.165, 1.54) is 11.6 Å². The number of aliphatic carboxylic acids is 2. The van der Waals surface area contributed by atoms with Crippen molar-refractivity contribution in [3.63, 3.8) is 0 Å². The first kappa shape index (κ1) is 22.1. The molecular weight excluding hydrogens is 370 g/mol. The molecule has 0 unspecified atom stereocenters. The van der Waals surface area contributed by atoms with E-state index in [2.05, 4.69) is 17.0 Å². The Balaban J connectivity index is 0.000000387. The Kier molecular flexibility index (Phi) is 8.91. The third kappa shape index (κ3) is 8.80. The van der Waals surface area contributed by atoms with Gasteiger partial charge >= 0.3 is 11.9 Å². The van der Waals surface area contributed by atoms with Crippen molar-refractivity contribution in [2.45, 2.75) is 16.3 Å². The smallest absolute Gasteiger partial charge is 0.328 e. The monoisotopic (exact) mass is 391 g/mol. The van der Waals surface area contributed by atoms with Gasteiger partial charge in [-0.25, -0.2) is 9.59 Å². The number of hydrogen-bond acceptors (Lipinski definition) is 6. The van der Waals surface area contributed by atoms with E-state index in [1.807, 2.05) is 26.2 Å². The van der Waals surface area contributed by atoms with Gasteiger partial charge in [-0.05, 0) is 43.9 Å². The number of rotatable bonds is 6. The van der Waals surface area contributed by atoms with Gasteiger partial charge in [-0.2, -0.15) is 0 Å². The number of aromatic hydroxyl groups is 2. The first-order valence-electron chi connectivity index (χ1n) is 7.75. The molecule has 0 atom stereocenters. The average molecular weight is 391 g/mol. The van der Waals surface area contributed by atoms with Crippen molar-refractivity contribution < 1.29 is 30.0 Å². The van der Waals surface area contributed by atoms with Gasteiger partial charge in [0.15, 0.2) is 11.5 Å². The van der Waals surface area contributed by atoms with Crippen LogP contribution in [0.15, 0.2) is 64.4 Å². The molecule has 0 aliphatic rings. The van der Waals surface area contributed by atoms with Gasteiger partial charge in [-0.15, -0.1) is 0 Å². The van der Waals surface area contributed by atoms with Crippen LogP contribution in [0.1, 0.15) is 5.56 Å². The SMILES string of the molecule is CN(C)Cc1ccccc1Sc1ccc(O)c(O)c1.O=C(O)/C=C/C(=O)O. The van der Waals surface area contributed by atoms with Gasteiger partial charge in [-0.1, -0.05) is 30.0 Å². The van der Waals surface area contributed by atoms with Crippen LogP contribution in [-0.4, -0.2) is 51.4 Å². The molecule has 0 saturated carbocycles. The number of hydrogen-bond donors (Lipinski definition) is 4. The van der Waals surface area contributed by atoms with Crippen molar-refractivity contribution in [3.8, 4) is 11.5 Å². The topological polar surface area (TPSA) is 118 Å². The van der Waals surface area contributed by atoms with E-state index in [0.29, 0.717) is 12.2 Å². The second-order valence-electron chi connectivity index (χ2n) is 5.61. The van der Waals surface area contributed by atoms with Gasteiger partial charge < -0.3 is 25.3 Å². The Hall–Kier alpha value is -2.97. The minimum Gasteiger partial charge on any atom is -0.504 e. The second kappa shape index (κ2) is 10.9. The molecule has 0 radical (unpaired) electrons. The standard InChI is InChI=1S/C15H17NO2S.C4H4O4/c1-16(2)10-11-5-3-4-6-15(11)19-12-7-8-13(17)14(18)9-12;5-3(6)1-2-4(7)8/h3-9,17-18H,10H2,1-2H3;1-2H,(H,5,6)(H,7,8)/b;2-1+. The first-order valence-corrected chi connectivity index (χ1v) is 8.57. The zero-order chi connectivity index (χ0) is 20.4. The van der Waals surface area contributed by atoms with Crippen molar-refractivity contribution in [3.05, 3.63) is 60.2 Å². The summed E-state index contributed by atoms with van der Waals surface area (Å²) in [5.41, 5.74) is 1.24. The molecule has 2 rings (SSSR count). The molecule has 4 N–H and O–H groups in total. The van der Waals surface area contributed by atoms with Crippen LogP contribution in [0, 0.1) is 0 Å². The van der Waals surface area contributed by atoms with E-state index in [1.54, 1.807) is 23.9 Å². The predicted octanol–water partition coefficient (Wildman–Crippen LogP) is 3.02. The molecule has 0 fully saturated rings. The van der Waals surface area contributed by atoms with Crippen LogP contribution < -0.4 is 0 Å². The quantitative estimate of drug-likeness (QED) is 0.438. The Labute approximate surface area is 161 Å². The highest BCUT2D eigenvalue weighted by atomic mass is 32.2. The van der Waals surface area contributed by atoms with Crippen LogP contribution in [0.4, 0.5) is 0 Å². The third-order valence-corrected chi connectivity index (χ3v) is 4.11. The summed E-state index contributed by atoms with van der Waals surface area (Å²) in [6.45, 7) is 0.868. The van der Waals surface area contributed by atoms with Crippen molar-refractivity contribution in [1.82, 2.24) is 4.90 Å². The molecule has 144 valence electrons. The van der Waals surface area contributed by atoms with Gasteiger partial charge in [0.05, 0.1) is 0 Å². The van der Waals surface area contributed by atoms with Gasteiger partial charge in [0.1, 0.15) is 0 Å². The molecule has 0 saturated heterocycles. The van der Waals surface area contributed by atoms with E-state index in [-0.39, 0.29) is 11.5 Å². The van der Waals surface area contributed by atoms with Crippen molar-refractivity contribution in [2.75, 3.05) is 14.1 Å². The van der Waals surface area contributed by atoms with E-state index in [9.17, 15) is 19.8 Å². The van der Waals surface area contributed by atoms with Gasteiger partial charge in [0.2, 0.25) is 0 Å². The summed E-state index contributed by atoms with van der Waals surface area (Å²) in [5, 5.41) is 34.5. The van der Waals surface area contributed by atoms with Crippen LogP contribution in [0.2, 0.25) is 0 Å². The molecule has 0 aliphatic heterocycles. The Morgan fingerprint density at radius 1 is 0.963 bits per heavy atom. The lowest BCUT2D eigenvalue weighted by Crippen LogP contribution is -2.11. The highest BCUT2D eigenvalue weighted by Crippen LogP contribution is 2.35. The summed E-state index contributed by atoms with van der Waals surface area (Å²) < 4.78 is 0. The Bertz CT molecular complexity index is 804. The van der Waals surface area contributed by atoms with E-state index in [0.717, 1.165) is 16.3 Å². The minimum atomic E-state index is -1.26. The van der Waals surface area contributed by atoms with Crippen molar-refractivity contribution in [1.29, 1.82) is 0 Å². The number of carboxylic acids is 2. The Morgan fingerprint density at radius 2 is 1.56 bits per heavy atom. The summed E-state index contributed by atoms with van der Waals surface area (Å²) in [6.07, 6.45) is 1.12. The summed E-state index contributed by atoms with van der Waals surface area (Å²) in [4.78, 5) is 23.3. The molecule has 2 aromatic carbocycles. The molecule has 2 aromatic rings. The molecule has 0 amide bonds. The number of carbonyl (C=O) groups is 2. The minimum absolute atomic E-state index is 0.0879. The number of phenols is 2. The number of phenolic OH excluding ortho intramolecular Hbond substituents is 2. The van der Waals surface area contributed by atoms with Gasteiger partial charge in [0, 0.05) is 28.5 Å². The normalized spacial score (nSPS) is 10.5. The number of carboxylic acid groups (broad SMARTS) is 2. The highest BCUT2D eigenvalue weighted by molar-refractivity contribution is 7.99. The molecule has 7 nitrogen and oxygen atoms in total. The molecular formula is C19H21NO6S. The van der Waals surface area contributed by atoms with E-state index in [4.69, 9.17) is 10.2 Å². The van der Waals surface area contributed by atoms with Gasteiger partial charge in [0.25, 0.3) is 0 Å². The van der Waals surface area contributed by atoms with Crippen LogP contribution in [0.5, 0.6) is 11.5 Å². The fourth-order valence-electron chi connectivity index (χ4n) is 1.91. The summed E-state index contributed by atoms with van der Waals surface area (Å²) >= 11 is 1.58. The zero-order valence-corrected chi connectivity index (χ0v) is 15.7. The zero-order valence-electron chi connectivity index (χ0n) is 14.9. The van der Waals surface area contributed by atoms with Crippen LogP contribution in [-0.2, 0) is 16.1 Å². The molecule has 0 aliphatic carbocycles. The van der Waals surface area contributed by atoms with Crippen molar-refractivity contribution >= 4 is 23.7 Å². The second-order valence-corrected chi connectivity index (χ2v) is 6.72. The maximum Gasteiger partial charge on any atom is 0.328 e. The summed E-state index contributed by atoms with van der Waals surface area (Å²) in [7, 11) is 4.07. The maximum absolute atomic E-state index is 9.55. The summed E-state index contributed by atoms with van der Waals surface area (Å²) in [5.74, 6) is -2.69. The van der Waals surface area contributed by atoms with Crippen LogP contribution >= 0.6 is 11.8 Å². The molecule has 27 heavy (non-hydrogen) atoms. The lowest BCUT2D eigenvalue weighted by molar-refractivity contribution is -0.134. The largest absolute Gasteiger partial charge is 0.504 e. The molecule has 0 bridgehead atoms. The van der Waals surface area contributed by atoms with Crippen LogP contribution in [0.3, 0.4) is 0 Å². The lowest BCUT2D eigenvalue weighted by atomic mass is 10.2. The third-order valence-electron chi connectivity index (χ3n) is 3.00. The van der Waals surface area contributed by atoms with E-state index >= 15 is 0 Å². The molecule has 0 aromatic heterocycles. The van der Waals surface area contributed by atoms with Crippen molar-refractivity contribution in [2.24, 2.45) is 0 Å². The lowest BCUT2D eigenvalue weighted by Gasteiger charge is -2.13.